The predicted octanol–water partition coefficient (Wildman–Crippen LogP) is 4.61. The van der Waals surface area contributed by atoms with Crippen LogP contribution in [0.2, 0.25) is 0 Å². The summed E-state index contributed by atoms with van der Waals surface area (Å²) in [6, 6.07) is 20.4. The van der Waals surface area contributed by atoms with Crippen LogP contribution in [-0.4, -0.2) is 29.9 Å². The standard InChI is InChI=1S/C26H24N4O3/c31-25(21-16-19-6-1-2-7-22(19)29-24(21)30-13-3-4-14-30)27-17-18-9-11-20(12-10-18)28-26(32)23-8-5-15-33-23/h1-2,5-12,15-16H,3-4,13-14,17H2,(H,27,31)(H,28,32). The summed E-state index contributed by atoms with van der Waals surface area (Å²) in [7, 11) is 0. The number of pyridine rings is 1. The summed E-state index contributed by atoms with van der Waals surface area (Å²) < 4.78 is 5.10. The second-order valence-electron chi connectivity index (χ2n) is 8.06. The second kappa shape index (κ2) is 9.16. The zero-order valence-electron chi connectivity index (χ0n) is 18.1. The van der Waals surface area contributed by atoms with Crippen molar-refractivity contribution >= 4 is 34.2 Å². The van der Waals surface area contributed by atoms with Crippen molar-refractivity contribution in [3.05, 3.63) is 89.9 Å². The van der Waals surface area contributed by atoms with E-state index in [0.717, 1.165) is 48.2 Å². The average molecular weight is 441 g/mol. The van der Waals surface area contributed by atoms with Gasteiger partial charge in [-0.25, -0.2) is 4.98 Å². The number of fused-ring (bicyclic) bond motifs is 1. The van der Waals surface area contributed by atoms with Crippen LogP contribution in [0, 0.1) is 0 Å². The lowest BCUT2D eigenvalue weighted by Crippen LogP contribution is -2.28. The largest absolute Gasteiger partial charge is 0.459 e. The number of nitrogens with one attached hydrogen (secondary N) is 2. The second-order valence-corrected chi connectivity index (χ2v) is 8.06. The van der Waals surface area contributed by atoms with Gasteiger partial charge in [-0.2, -0.15) is 0 Å². The van der Waals surface area contributed by atoms with Crippen LogP contribution in [0.5, 0.6) is 0 Å². The molecule has 166 valence electrons. The van der Waals surface area contributed by atoms with Crippen LogP contribution in [0.15, 0.2) is 77.4 Å². The quantitative estimate of drug-likeness (QED) is 0.457. The SMILES string of the molecule is O=C(Nc1ccc(CNC(=O)c2cc3ccccc3nc2N2CCCC2)cc1)c1ccco1. The van der Waals surface area contributed by atoms with E-state index in [1.54, 1.807) is 24.3 Å². The van der Waals surface area contributed by atoms with E-state index in [1.807, 2.05) is 42.5 Å². The minimum absolute atomic E-state index is 0.148. The van der Waals surface area contributed by atoms with Crippen LogP contribution >= 0.6 is 0 Å². The molecule has 2 amide bonds. The van der Waals surface area contributed by atoms with E-state index in [1.165, 1.54) is 6.26 Å². The summed E-state index contributed by atoms with van der Waals surface area (Å²) in [6.07, 6.45) is 3.68. The maximum absolute atomic E-state index is 13.1. The van der Waals surface area contributed by atoms with Crippen molar-refractivity contribution in [2.45, 2.75) is 19.4 Å². The number of hydrogen-bond acceptors (Lipinski definition) is 5. The van der Waals surface area contributed by atoms with Gasteiger partial charge in [-0.15, -0.1) is 0 Å². The van der Waals surface area contributed by atoms with Crippen LogP contribution < -0.4 is 15.5 Å². The van der Waals surface area contributed by atoms with Gasteiger partial charge >= 0.3 is 0 Å². The smallest absolute Gasteiger partial charge is 0.291 e. The summed E-state index contributed by atoms with van der Waals surface area (Å²) in [5, 5.41) is 6.75. The van der Waals surface area contributed by atoms with E-state index in [9.17, 15) is 9.59 Å². The maximum atomic E-state index is 13.1. The van der Waals surface area contributed by atoms with Gasteiger partial charge in [0.1, 0.15) is 5.82 Å². The number of rotatable bonds is 6. The molecule has 4 aromatic rings. The van der Waals surface area contributed by atoms with Crippen LogP contribution in [0.3, 0.4) is 0 Å². The molecule has 0 atom stereocenters. The normalized spacial score (nSPS) is 13.3. The van der Waals surface area contributed by atoms with Gasteiger partial charge in [0.2, 0.25) is 0 Å². The van der Waals surface area contributed by atoms with Crippen molar-refractivity contribution in [3.8, 4) is 0 Å². The maximum Gasteiger partial charge on any atom is 0.291 e. The minimum Gasteiger partial charge on any atom is -0.459 e. The van der Waals surface area contributed by atoms with Crippen LogP contribution in [0.4, 0.5) is 11.5 Å². The Hall–Kier alpha value is -4.13. The molecule has 3 heterocycles. The Morgan fingerprint density at radius 1 is 0.939 bits per heavy atom. The summed E-state index contributed by atoms with van der Waals surface area (Å²) >= 11 is 0. The lowest BCUT2D eigenvalue weighted by molar-refractivity contribution is 0.0950. The molecule has 5 rings (SSSR count). The average Bonchev–Trinajstić information content (AvgIpc) is 3.57. The topological polar surface area (TPSA) is 87.5 Å². The van der Waals surface area contributed by atoms with E-state index in [2.05, 4.69) is 15.5 Å². The third-order valence-corrected chi connectivity index (χ3v) is 5.76. The monoisotopic (exact) mass is 440 g/mol. The Labute approximate surface area is 191 Å². The van der Waals surface area contributed by atoms with E-state index < -0.39 is 0 Å². The molecule has 0 radical (unpaired) electrons. The molecule has 0 bridgehead atoms. The van der Waals surface area contributed by atoms with Crippen LogP contribution in [-0.2, 0) is 6.54 Å². The number of para-hydroxylation sites is 1. The van der Waals surface area contributed by atoms with Crippen molar-refractivity contribution in [2.24, 2.45) is 0 Å². The van der Waals surface area contributed by atoms with Gasteiger partial charge in [0.15, 0.2) is 5.76 Å². The number of benzene rings is 2. The summed E-state index contributed by atoms with van der Waals surface area (Å²) in [4.78, 5) is 32.2. The number of anilines is 2. The van der Waals surface area contributed by atoms with E-state index in [0.29, 0.717) is 17.8 Å². The molecule has 1 saturated heterocycles. The van der Waals surface area contributed by atoms with Crippen LogP contribution in [0.1, 0.15) is 39.3 Å². The molecule has 33 heavy (non-hydrogen) atoms. The first kappa shape index (κ1) is 20.8. The molecule has 1 fully saturated rings. The number of nitrogens with zero attached hydrogens (tertiary/aromatic N) is 2. The summed E-state index contributed by atoms with van der Waals surface area (Å²) in [5.74, 6) is 0.550. The number of aromatic nitrogens is 1. The Kier molecular flexibility index (Phi) is 5.76. The Bertz CT molecular complexity index is 1280. The fourth-order valence-corrected chi connectivity index (χ4v) is 4.03. The molecule has 7 heteroatoms. The molecular weight excluding hydrogens is 416 g/mol. The lowest BCUT2D eigenvalue weighted by Gasteiger charge is -2.20. The molecule has 0 aliphatic carbocycles. The summed E-state index contributed by atoms with van der Waals surface area (Å²) in [6.45, 7) is 2.20. The number of furan rings is 1. The molecule has 0 spiro atoms. The lowest BCUT2D eigenvalue weighted by atomic mass is 10.1. The van der Waals surface area contributed by atoms with Gasteiger partial charge in [0.05, 0.1) is 17.3 Å². The zero-order chi connectivity index (χ0) is 22.6. The predicted molar refractivity (Wildman–Crippen MR) is 127 cm³/mol. The fraction of sp³-hybridized carbons (Fsp3) is 0.192. The fourth-order valence-electron chi connectivity index (χ4n) is 4.03. The third kappa shape index (κ3) is 4.57. The van der Waals surface area contributed by atoms with Gasteiger partial charge in [-0.05, 0) is 54.8 Å². The molecule has 2 aromatic heterocycles. The molecular formula is C26H24N4O3. The van der Waals surface area contributed by atoms with E-state index >= 15 is 0 Å². The van der Waals surface area contributed by atoms with E-state index in [4.69, 9.17) is 9.40 Å². The highest BCUT2D eigenvalue weighted by atomic mass is 16.3. The summed E-state index contributed by atoms with van der Waals surface area (Å²) in [5.41, 5.74) is 3.07. The van der Waals surface area contributed by atoms with Crippen molar-refractivity contribution in [1.82, 2.24) is 10.3 Å². The Balaban J connectivity index is 1.29. The van der Waals surface area contributed by atoms with Gasteiger partial charge < -0.3 is 20.0 Å². The van der Waals surface area contributed by atoms with Gasteiger partial charge in [-0.3, -0.25) is 9.59 Å². The van der Waals surface area contributed by atoms with Crippen molar-refractivity contribution in [1.29, 1.82) is 0 Å². The highest BCUT2D eigenvalue weighted by molar-refractivity contribution is 6.03. The van der Waals surface area contributed by atoms with Crippen molar-refractivity contribution < 1.29 is 14.0 Å². The van der Waals surface area contributed by atoms with Gasteiger partial charge in [0, 0.05) is 30.7 Å². The molecule has 0 saturated carbocycles. The van der Waals surface area contributed by atoms with Gasteiger partial charge in [-0.1, -0.05) is 30.3 Å². The first-order valence-corrected chi connectivity index (χ1v) is 11.0. The Morgan fingerprint density at radius 3 is 2.48 bits per heavy atom. The molecule has 7 nitrogen and oxygen atoms in total. The first-order valence-electron chi connectivity index (χ1n) is 11.0. The van der Waals surface area contributed by atoms with Gasteiger partial charge in [0.25, 0.3) is 11.8 Å². The van der Waals surface area contributed by atoms with E-state index in [-0.39, 0.29) is 17.6 Å². The first-order chi connectivity index (χ1) is 16.2. The number of carbonyl (C=O) groups excluding carboxylic acids is 2. The highest BCUT2D eigenvalue weighted by Gasteiger charge is 2.22. The molecule has 2 aromatic carbocycles. The Morgan fingerprint density at radius 2 is 1.73 bits per heavy atom. The number of carbonyl (C=O) groups is 2. The van der Waals surface area contributed by atoms with Crippen molar-refractivity contribution in [2.75, 3.05) is 23.3 Å². The highest BCUT2D eigenvalue weighted by Crippen LogP contribution is 2.26. The third-order valence-electron chi connectivity index (χ3n) is 5.76. The number of hydrogen-bond donors (Lipinski definition) is 2. The van der Waals surface area contributed by atoms with Crippen molar-refractivity contribution in [3.63, 3.8) is 0 Å². The molecule has 1 aliphatic rings. The molecule has 0 unspecified atom stereocenters. The molecule has 1 aliphatic heterocycles. The minimum atomic E-state index is -0.306. The number of amides is 2. The zero-order valence-corrected chi connectivity index (χ0v) is 18.1. The molecule has 2 N–H and O–H groups in total. The van der Waals surface area contributed by atoms with Crippen LogP contribution in [0.25, 0.3) is 10.9 Å².